The molecule has 1 fully saturated rings. The Morgan fingerprint density at radius 2 is 1.94 bits per heavy atom. The number of thiophene rings is 1. The highest BCUT2D eigenvalue weighted by molar-refractivity contribution is 7.92. The van der Waals surface area contributed by atoms with Gasteiger partial charge in [-0.05, 0) is 85.1 Å². The number of fused-ring (bicyclic) bond motifs is 3. The van der Waals surface area contributed by atoms with E-state index in [4.69, 9.17) is 23.9 Å². The Bertz CT molecular complexity index is 2150. The van der Waals surface area contributed by atoms with Gasteiger partial charge in [-0.1, -0.05) is 26.0 Å². The zero-order valence-electron chi connectivity index (χ0n) is 28.3. The monoisotopic (exact) mass is 699 g/mol. The van der Waals surface area contributed by atoms with Gasteiger partial charge in [0.15, 0.2) is 9.84 Å². The number of sulfone groups is 1. The van der Waals surface area contributed by atoms with Gasteiger partial charge in [0, 0.05) is 42.7 Å². The number of benzene rings is 1. The van der Waals surface area contributed by atoms with Crippen LogP contribution in [-0.2, 0) is 27.4 Å². The number of anilines is 1. The van der Waals surface area contributed by atoms with Crippen molar-refractivity contribution in [3.8, 4) is 27.6 Å². The summed E-state index contributed by atoms with van der Waals surface area (Å²) in [6.07, 6.45) is 7.27. The summed E-state index contributed by atoms with van der Waals surface area (Å²) in [5.41, 5.74) is 5.18. The van der Waals surface area contributed by atoms with Crippen molar-refractivity contribution in [3.63, 3.8) is 0 Å². The third kappa shape index (κ3) is 5.81. The Hall–Kier alpha value is -3.87. The van der Waals surface area contributed by atoms with E-state index in [2.05, 4.69) is 41.5 Å². The largest absolute Gasteiger partial charge is 0.496 e. The number of ether oxygens (including phenoxy) is 2. The molecule has 256 valence electrons. The third-order valence-electron chi connectivity index (χ3n) is 10.4. The first kappa shape index (κ1) is 32.3. The third-order valence-corrected chi connectivity index (χ3v) is 13.4. The summed E-state index contributed by atoms with van der Waals surface area (Å²) < 4.78 is 46.7. The second-order valence-corrected chi connectivity index (χ2v) is 16.9. The second kappa shape index (κ2) is 12.8. The Balaban J connectivity index is 1.30. The maximum Gasteiger partial charge on any atom is 0.250 e. The average molecular weight is 700 g/mol. The number of hydrogen-bond donors (Lipinski definition) is 1. The van der Waals surface area contributed by atoms with E-state index in [9.17, 15) is 8.42 Å². The Morgan fingerprint density at radius 3 is 2.69 bits per heavy atom. The SMILES string of the molecule is COc1cccc2c1CC[C@@H]2Nc1nccc2cc(-c3c(-c4nnc(C)o4)c(CCC4CCOCC4)nc4c3S(=O)(=O)C[C@H]4C(C)C)sc12. The Morgan fingerprint density at radius 1 is 1.10 bits per heavy atom. The number of aromatic nitrogens is 4. The van der Waals surface area contributed by atoms with Crippen molar-refractivity contribution < 1.29 is 22.3 Å². The Labute approximate surface area is 290 Å². The molecule has 0 amide bonds. The van der Waals surface area contributed by atoms with Gasteiger partial charge in [0.2, 0.25) is 11.8 Å². The summed E-state index contributed by atoms with van der Waals surface area (Å²) >= 11 is 1.55. The van der Waals surface area contributed by atoms with Crippen LogP contribution in [0.4, 0.5) is 5.82 Å². The van der Waals surface area contributed by atoms with Gasteiger partial charge in [-0.15, -0.1) is 21.5 Å². The van der Waals surface area contributed by atoms with Crippen LogP contribution in [0.5, 0.6) is 5.75 Å². The predicted octanol–water partition coefficient (Wildman–Crippen LogP) is 7.71. The normalized spacial score (nSPS) is 20.2. The molecule has 6 heterocycles. The van der Waals surface area contributed by atoms with Crippen molar-refractivity contribution in [2.45, 2.75) is 76.2 Å². The molecular weight excluding hydrogens is 659 g/mol. The maximum atomic E-state index is 14.2. The van der Waals surface area contributed by atoms with E-state index in [1.807, 2.05) is 24.4 Å². The number of rotatable bonds is 9. The van der Waals surface area contributed by atoms with Crippen molar-refractivity contribution in [2.24, 2.45) is 11.8 Å². The number of hydrogen-bond acceptors (Lipinski definition) is 11. The molecule has 3 aliphatic rings. The van der Waals surface area contributed by atoms with Crippen LogP contribution in [0, 0.1) is 18.8 Å². The molecule has 0 radical (unpaired) electrons. The maximum absolute atomic E-state index is 14.2. The summed E-state index contributed by atoms with van der Waals surface area (Å²) in [6.45, 7) is 7.44. The van der Waals surface area contributed by atoms with Crippen LogP contribution in [0.1, 0.15) is 79.9 Å². The van der Waals surface area contributed by atoms with Gasteiger partial charge in [0.25, 0.3) is 0 Å². The van der Waals surface area contributed by atoms with E-state index in [0.29, 0.717) is 45.8 Å². The van der Waals surface area contributed by atoms with Gasteiger partial charge in [0.1, 0.15) is 11.6 Å². The van der Waals surface area contributed by atoms with Crippen LogP contribution in [0.25, 0.3) is 32.0 Å². The summed E-state index contributed by atoms with van der Waals surface area (Å²) in [7, 11) is -1.95. The van der Waals surface area contributed by atoms with Crippen LogP contribution in [-0.4, -0.2) is 54.7 Å². The molecule has 2 aliphatic heterocycles. The zero-order chi connectivity index (χ0) is 33.9. The van der Waals surface area contributed by atoms with Crippen molar-refractivity contribution in [2.75, 3.05) is 31.4 Å². The molecule has 0 bridgehead atoms. The fourth-order valence-electron chi connectivity index (χ4n) is 7.85. The molecule has 49 heavy (non-hydrogen) atoms. The molecule has 1 aliphatic carbocycles. The van der Waals surface area contributed by atoms with Crippen LogP contribution in [0.3, 0.4) is 0 Å². The smallest absolute Gasteiger partial charge is 0.250 e. The van der Waals surface area contributed by atoms with E-state index >= 15 is 0 Å². The molecule has 8 rings (SSSR count). The number of methoxy groups -OCH3 is 1. The lowest BCUT2D eigenvalue weighted by Crippen LogP contribution is -2.17. The molecule has 1 aromatic carbocycles. The van der Waals surface area contributed by atoms with Gasteiger partial charge in [-0.25, -0.2) is 13.4 Å². The van der Waals surface area contributed by atoms with Gasteiger partial charge in [-0.3, -0.25) is 4.98 Å². The fourth-order valence-corrected chi connectivity index (χ4v) is 11.3. The number of nitrogens with zero attached hydrogens (tertiary/aromatic N) is 4. The lowest BCUT2D eigenvalue weighted by atomic mass is 9.89. The molecule has 4 aromatic heterocycles. The van der Waals surface area contributed by atoms with Crippen molar-refractivity contribution in [3.05, 3.63) is 64.9 Å². The standard InChI is InChI=1S/C37H41N5O5S2/c1-20(2)26-19-49(43,44)35-32(31(37-42-41-21(3)47-37)28(39-33(26)35)10-8-22-13-16-46-17-14-22)30-18-23-12-15-38-36(34(23)48-30)40-27-11-9-25-24(27)6-5-7-29(25)45-4/h5-7,12,15,18,20,22,26-27H,8-11,13-14,16-17,19H2,1-4H3,(H,38,40)/t26-,27-/m0/s1. The van der Waals surface area contributed by atoms with Gasteiger partial charge >= 0.3 is 0 Å². The van der Waals surface area contributed by atoms with E-state index < -0.39 is 9.84 Å². The molecule has 0 saturated carbocycles. The molecule has 10 nitrogen and oxygen atoms in total. The van der Waals surface area contributed by atoms with E-state index in [1.54, 1.807) is 25.4 Å². The molecule has 5 aromatic rings. The Kier molecular flexibility index (Phi) is 8.44. The average Bonchev–Trinajstić information content (AvgIpc) is 3.88. The first-order valence-electron chi connectivity index (χ1n) is 17.2. The number of pyridine rings is 2. The summed E-state index contributed by atoms with van der Waals surface area (Å²) in [5, 5.41) is 13.3. The van der Waals surface area contributed by atoms with E-state index in [1.165, 1.54) is 11.1 Å². The highest BCUT2D eigenvalue weighted by Crippen LogP contribution is 2.51. The van der Waals surface area contributed by atoms with E-state index in [0.717, 1.165) is 77.5 Å². The van der Waals surface area contributed by atoms with Crippen LogP contribution >= 0.6 is 11.3 Å². The highest BCUT2D eigenvalue weighted by Gasteiger charge is 2.43. The van der Waals surface area contributed by atoms with Crippen LogP contribution in [0.2, 0.25) is 0 Å². The quantitative estimate of drug-likeness (QED) is 0.163. The molecule has 12 heteroatoms. The van der Waals surface area contributed by atoms with Crippen molar-refractivity contribution in [1.29, 1.82) is 0 Å². The van der Waals surface area contributed by atoms with Crippen molar-refractivity contribution >= 4 is 37.1 Å². The van der Waals surface area contributed by atoms with Gasteiger partial charge in [0.05, 0.1) is 45.5 Å². The van der Waals surface area contributed by atoms with Crippen LogP contribution < -0.4 is 10.1 Å². The molecular formula is C37H41N5O5S2. The second-order valence-electron chi connectivity index (χ2n) is 13.8. The lowest BCUT2D eigenvalue weighted by Gasteiger charge is -2.23. The minimum absolute atomic E-state index is 0.0372. The zero-order valence-corrected chi connectivity index (χ0v) is 29.9. The molecule has 0 spiro atoms. The van der Waals surface area contributed by atoms with Gasteiger partial charge < -0.3 is 19.2 Å². The van der Waals surface area contributed by atoms with Crippen molar-refractivity contribution in [1.82, 2.24) is 20.2 Å². The summed E-state index contributed by atoms with van der Waals surface area (Å²) in [5.74, 6) is 2.86. The fraction of sp³-hybridized carbons (Fsp3) is 0.459. The first-order chi connectivity index (χ1) is 23.7. The predicted molar refractivity (Wildman–Crippen MR) is 190 cm³/mol. The number of aryl methyl sites for hydroxylation is 2. The topological polar surface area (TPSA) is 129 Å². The van der Waals surface area contributed by atoms with Gasteiger partial charge in [-0.2, -0.15) is 0 Å². The minimum atomic E-state index is -3.67. The summed E-state index contributed by atoms with van der Waals surface area (Å²) in [6, 6.07) is 10.4. The molecule has 1 N–H and O–H groups in total. The minimum Gasteiger partial charge on any atom is -0.496 e. The molecule has 1 saturated heterocycles. The highest BCUT2D eigenvalue weighted by atomic mass is 32.2. The van der Waals surface area contributed by atoms with E-state index in [-0.39, 0.29) is 23.6 Å². The molecule has 2 atom stereocenters. The first-order valence-corrected chi connectivity index (χ1v) is 19.7. The summed E-state index contributed by atoms with van der Waals surface area (Å²) in [4.78, 5) is 11.1. The number of nitrogens with one attached hydrogen (secondary N) is 1. The lowest BCUT2D eigenvalue weighted by molar-refractivity contribution is 0.0639. The molecule has 0 unspecified atom stereocenters. The van der Waals surface area contributed by atoms with Crippen LogP contribution in [0.15, 0.2) is 45.8 Å².